The lowest BCUT2D eigenvalue weighted by Gasteiger charge is -2.13. The minimum absolute atomic E-state index is 0.0537. The quantitative estimate of drug-likeness (QED) is 0.198. The number of carboxylic acids is 1. The van der Waals surface area contributed by atoms with Gasteiger partial charge in [-0.1, -0.05) is 71.2 Å². The van der Waals surface area contributed by atoms with Crippen molar-refractivity contribution in [2.75, 3.05) is 5.32 Å². The van der Waals surface area contributed by atoms with Crippen LogP contribution in [0.2, 0.25) is 10.0 Å². The number of amides is 1. The van der Waals surface area contributed by atoms with E-state index in [2.05, 4.69) is 21.2 Å². The van der Waals surface area contributed by atoms with Gasteiger partial charge in [-0.25, -0.2) is 4.98 Å². The minimum atomic E-state index is -1.10. The lowest BCUT2D eigenvalue weighted by molar-refractivity contribution is -0.139. The van der Waals surface area contributed by atoms with Crippen LogP contribution in [0.25, 0.3) is 33.5 Å². The Labute approximate surface area is 230 Å². The summed E-state index contributed by atoms with van der Waals surface area (Å²) < 4.78 is 6.68. The number of nitrogens with one attached hydrogen (secondary N) is 1. The Balaban J connectivity index is 1.98. The number of carbonyl (C=O) groups is 3. The number of halogens is 3. The number of aliphatic carboxylic acids is 1. The number of nitrogens with zero attached hydrogens (tertiary/aromatic N) is 1. The highest BCUT2D eigenvalue weighted by Crippen LogP contribution is 2.41. The highest BCUT2D eigenvalue weighted by Gasteiger charge is 2.27. The van der Waals surface area contributed by atoms with Crippen molar-refractivity contribution in [3.8, 4) is 22.4 Å². The zero-order chi connectivity index (χ0) is 26.9. The molecular weight excluding hydrogens is 583 g/mol. The summed E-state index contributed by atoms with van der Waals surface area (Å²) in [6.45, 7) is 3.17. The number of fused-ring (bicyclic) bond motifs is 1. The van der Waals surface area contributed by atoms with E-state index in [-0.39, 0.29) is 35.8 Å². The molecule has 37 heavy (non-hydrogen) atoms. The fourth-order valence-electron chi connectivity index (χ4n) is 3.84. The van der Waals surface area contributed by atoms with Crippen molar-refractivity contribution < 1.29 is 23.9 Å². The summed E-state index contributed by atoms with van der Waals surface area (Å²) >= 11 is 16.1. The normalized spacial score (nSPS) is 11.9. The van der Waals surface area contributed by atoms with Gasteiger partial charge in [0, 0.05) is 33.0 Å². The highest BCUT2D eigenvalue weighted by molar-refractivity contribution is 9.10. The minimum Gasteiger partial charge on any atom is -0.481 e. The van der Waals surface area contributed by atoms with Crippen LogP contribution in [0.1, 0.15) is 37.2 Å². The van der Waals surface area contributed by atoms with E-state index in [4.69, 9.17) is 37.7 Å². The van der Waals surface area contributed by atoms with Crippen molar-refractivity contribution in [3.05, 3.63) is 68.8 Å². The van der Waals surface area contributed by atoms with Gasteiger partial charge in [0.25, 0.3) is 0 Å². The van der Waals surface area contributed by atoms with Crippen LogP contribution in [0.5, 0.6) is 0 Å². The zero-order valence-electron chi connectivity index (χ0n) is 19.8. The first-order valence-corrected chi connectivity index (χ1v) is 12.9. The third-order valence-corrected chi connectivity index (χ3v) is 6.83. The maximum Gasteiger partial charge on any atom is 0.304 e. The van der Waals surface area contributed by atoms with Crippen LogP contribution in [0.4, 0.5) is 5.69 Å². The Kier molecular flexibility index (Phi) is 8.02. The Morgan fingerprint density at radius 3 is 2.41 bits per heavy atom. The maximum absolute atomic E-state index is 12.8. The number of pyridine rings is 1. The molecule has 0 radical (unpaired) electrons. The molecule has 1 atom stereocenters. The van der Waals surface area contributed by atoms with Gasteiger partial charge in [0.1, 0.15) is 5.69 Å². The number of ketones is 1. The number of aromatic nitrogens is 1. The maximum atomic E-state index is 12.8. The van der Waals surface area contributed by atoms with Crippen molar-refractivity contribution in [1.82, 2.24) is 4.98 Å². The van der Waals surface area contributed by atoms with Gasteiger partial charge in [0.2, 0.25) is 11.6 Å². The fraction of sp³-hybridized carbons (Fsp3) is 0.185. The smallest absolute Gasteiger partial charge is 0.304 e. The molecule has 0 aliphatic heterocycles. The summed E-state index contributed by atoms with van der Waals surface area (Å²) in [5.41, 5.74) is 2.86. The second-order valence-electron chi connectivity index (χ2n) is 8.44. The van der Waals surface area contributed by atoms with Crippen LogP contribution in [0, 0.1) is 5.92 Å². The molecule has 0 aliphatic carbocycles. The summed E-state index contributed by atoms with van der Waals surface area (Å²) in [4.78, 5) is 41.4. The molecule has 2 aromatic heterocycles. The van der Waals surface area contributed by atoms with Crippen LogP contribution in [0.3, 0.4) is 0 Å². The summed E-state index contributed by atoms with van der Waals surface area (Å²) in [5, 5.41) is 13.2. The van der Waals surface area contributed by atoms with E-state index in [0.29, 0.717) is 32.3 Å². The number of hydrogen-bond acceptors (Lipinski definition) is 5. The van der Waals surface area contributed by atoms with Gasteiger partial charge >= 0.3 is 5.97 Å². The number of Topliss-reactive ketones (excluding diaryl/α,β-unsaturated/α-hetero) is 1. The van der Waals surface area contributed by atoms with Gasteiger partial charge in [0.05, 0.1) is 22.5 Å². The molecule has 0 aliphatic rings. The molecule has 2 N–H and O–H groups in total. The van der Waals surface area contributed by atoms with Crippen LogP contribution in [0.15, 0.2) is 57.4 Å². The molecule has 0 unspecified atom stereocenters. The zero-order valence-corrected chi connectivity index (χ0v) is 22.9. The number of rotatable bonds is 8. The van der Waals surface area contributed by atoms with Crippen molar-refractivity contribution >= 4 is 73.6 Å². The molecule has 1 amide bonds. The molecule has 190 valence electrons. The van der Waals surface area contributed by atoms with E-state index in [1.165, 1.54) is 6.92 Å². The second kappa shape index (κ2) is 11.0. The molecule has 10 heteroatoms. The SMILES string of the molecule is CCC(=O)c1oc2nc(-c3ccc(Br)cc3Cl)c(-c3ccc(Cl)cc3)cc2c1NC(=O)[C@@H](C)CC(=O)O. The molecule has 2 aromatic carbocycles. The average molecular weight is 604 g/mol. The molecule has 0 bridgehead atoms. The van der Waals surface area contributed by atoms with E-state index in [1.54, 1.807) is 31.2 Å². The summed E-state index contributed by atoms with van der Waals surface area (Å²) in [6.07, 6.45) is -0.234. The van der Waals surface area contributed by atoms with E-state index < -0.39 is 17.8 Å². The highest BCUT2D eigenvalue weighted by atomic mass is 79.9. The van der Waals surface area contributed by atoms with E-state index in [9.17, 15) is 14.4 Å². The number of hydrogen-bond donors (Lipinski definition) is 2. The van der Waals surface area contributed by atoms with Crippen LogP contribution in [-0.2, 0) is 9.59 Å². The number of carbonyl (C=O) groups excluding carboxylic acids is 2. The van der Waals surface area contributed by atoms with Crippen molar-refractivity contribution in [1.29, 1.82) is 0 Å². The number of benzene rings is 2. The fourth-order valence-corrected chi connectivity index (χ4v) is 4.73. The van der Waals surface area contributed by atoms with E-state index in [1.807, 2.05) is 24.3 Å². The molecule has 0 fully saturated rings. The molecule has 7 nitrogen and oxygen atoms in total. The molecular formula is C27H21BrCl2N2O5. The number of carboxylic acid groups (broad SMARTS) is 1. The Bertz CT molecular complexity index is 1530. The van der Waals surface area contributed by atoms with Gasteiger partial charge in [-0.3, -0.25) is 14.4 Å². The van der Waals surface area contributed by atoms with Crippen molar-refractivity contribution in [3.63, 3.8) is 0 Å². The Hall–Kier alpha value is -3.20. The van der Waals surface area contributed by atoms with Crippen molar-refractivity contribution in [2.24, 2.45) is 5.92 Å². The third-order valence-electron chi connectivity index (χ3n) is 5.78. The monoisotopic (exact) mass is 602 g/mol. The molecule has 2 heterocycles. The van der Waals surface area contributed by atoms with E-state index in [0.717, 1.165) is 10.0 Å². The third kappa shape index (κ3) is 5.71. The van der Waals surface area contributed by atoms with Gasteiger partial charge in [-0.05, 0) is 35.9 Å². The first-order chi connectivity index (χ1) is 17.6. The topological polar surface area (TPSA) is 110 Å². The summed E-state index contributed by atoms with van der Waals surface area (Å²) in [5.74, 6) is -2.88. The predicted molar refractivity (Wildman–Crippen MR) is 147 cm³/mol. The van der Waals surface area contributed by atoms with Gasteiger partial charge in [0.15, 0.2) is 11.5 Å². The van der Waals surface area contributed by atoms with Gasteiger partial charge < -0.3 is 14.8 Å². The standard InChI is InChI=1S/C27H21BrCl2N2O5/c1-3-21(33)25-24(31-26(36)13(2)10-22(34)35)19-12-18(14-4-7-16(29)8-5-14)23(32-27(19)37-25)17-9-6-15(28)11-20(17)30/h4-9,11-13H,3,10H2,1-2H3,(H,31,36)(H,34,35)/t13-/m0/s1. The number of furan rings is 1. The molecule has 4 aromatic rings. The van der Waals surface area contributed by atoms with Crippen LogP contribution in [-0.4, -0.2) is 27.8 Å². The van der Waals surface area contributed by atoms with Crippen molar-refractivity contribution in [2.45, 2.75) is 26.7 Å². The predicted octanol–water partition coefficient (Wildman–Crippen LogP) is 7.87. The lowest BCUT2D eigenvalue weighted by atomic mass is 9.98. The van der Waals surface area contributed by atoms with Crippen LogP contribution < -0.4 is 5.32 Å². The van der Waals surface area contributed by atoms with E-state index >= 15 is 0 Å². The molecule has 0 saturated heterocycles. The number of anilines is 1. The first kappa shape index (κ1) is 26.9. The van der Waals surface area contributed by atoms with Gasteiger partial charge in [-0.2, -0.15) is 0 Å². The Morgan fingerprint density at radius 2 is 1.78 bits per heavy atom. The molecule has 0 saturated carbocycles. The molecule has 4 rings (SSSR count). The summed E-state index contributed by atoms with van der Waals surface area (Å²) in [7, 11) is 0. The summed E-state index contributed by atoms with van der Waals surface area (Å²) in [6, 6.07) is 14.3. The second-order valence-corrected chi connectivity index (χ2v) is 10.2. The van der Waals surface area contributed by atoms with Crippen LogP contribution >= 0.6 is 39.1 Å². The average Bonchev–Trinajstić information content (AvgIpc) is 3.20. The Morgan fingerprint density at radius 1 is 1.08 bits per heavy atom. The largest absolute Gasteiger partial charge is 0.481 e. The lowest BCUT2D eigenvalue weighted by Crippen LogP contribution is -2.23. The van der Waals surface area contributed by atoms with Gasteiger partial charge in [-0.15, -0.1) is 0 Å². The first-order valence-electron chi connectivity index (χ1n) is 11.3. The molecule has 0 spiro atoms.